The van der Waals surface area contributed by atoms with Gasteiger partial charge in [-0.25, -0.2) is 9.37 Å². The van der Waals surface area contributed by atoms with Crippen molar-refractivity contribution < 1.29 is 13.6 Å². The zero-order valence-electron chi connectivity index (χ0n) is 12.9. The Hall–Kier alpha value is -1.99. The number of rotatable bonds is 5. The fraction of sp³-hybridized carbons (Fsp3) is 0.111. The van der Waals surface area contributed by atoms with Gasteiger partial charge in [-0.15, -0.1) is 0 Å². The van der Waals surface area contributed by atoms with Gasteiger partial charge in [-0.3, -0.25) is 4.79 Å². The Morgan fingerprint density at radius 1 is 1.20 bits per heavy atom. The Morgan fingerprint density at radius 3 is 2.80 bits per heavy atom. The molecule has 1 aromatic heterocycles. The molecule has 0 unspecified atom stereocenters. The van der Waals surface area contributed by atoms with Crippen LogP contribution in [-0.2, 0) is 11.2 Å². The van der Waals surface area contributed by atoms with E-state index in [1.807, 2.05) is 18.2 Å². The van der Waals surface area contributed by atoms with Gasteiger partial charge in [0.2, 0.25) is 5.91 Å². The van der Waals surface area contributed by atoms with Crippen LogP contribution >= 0.6 is 31.9 Å². The summed E-state index contributed by atoms with van der Waals surface area (Å²) in [5, 5.41) is 2.82. The van der Waals surface area contributed by atoms with Crippen molar-refractivity contribution in [3.8, 4) is 11.3 Å². The molecule has 1 N–H and O–H groups in total. The van der Waals surface area contributed by atoms with Gasteiger partial charge in [-0.2, -0.15) is 0 Å². The van der Waals surface area contributed by atoms with Gasteiger partial charge in [0, 0.05) is 21.8 Å². The molecule has 0 fully saturated rings. The number of aromatic nitrogens is 1. The summed E-state index contributed by atoms with van der Waals surface area (Å²) in [7, 11) is 0. The van der Waals surface area contributed by atoms with Gasteiger partial charge in [0.05, 0.1) is 17.4 Å². The number of carbonyl (C=O) groups is 1. The first-order chi connectivity index (χ1) is 12.0. The number of anilines is 1. The van der Waals surface area contributed by atoms with Crippen LogP contribution in [0.1, 0.15) is 12.3 Å². The van der Waals surface area contributed by atoms with Gasteiger partial charge >= 0.3 is 0 Å². The summed E-state index contributed by atoms with van der Waals surface area (Å²) in [6, 6.07) is 11.8. The third-order valence-corrected chi connectivity index (χ3v) is 4.65. The SMILES string of the molecule is O=C(CCc1ncc(-c2ccccc2F)o1)Nc1cc(Br)ccc1Br. The van der Waals surface area contributed by atoms with Gasteiger partial charge < -0.3 is 9.73 Å². The molecule has 7 heteroatoms. The van der Waals surface area contributed by atoms with E-state index in [1.54, 1.807) is 18.2 Å². The maximum Gasteiger partial charge on any atom is 0.224 e. The fourth-order valence-electron chi connectivity index (χ4n) is 2.24. The summed E-state index contributed by atoms with van der Waals surface area (Å²) in [6.45, 7) is 0. The zero-order chi connectivity index (χ0) is 17.8. The lowest BCUT2D eigenvalue weighted by Crippen LogP contribution is -2.12. The molecule has 0 radical (unpaired) electrons. The lowest BCUT2D eigenvalue weighted by atomic mass is 10.2. The average molecular weight is 468 g/mol. The standard InChI is InChI=1S/C18H13Br2FN2O2/c19-11-5-6-13(20)15(9-11)23-17(24)7-8-18-22-10-16(25-18)12-3-1-2-4-14(12)21/h1-6,9-10H,7-8H2,(H,23,24). The third-order valence-electron chi connectivity index (χ3n) is 3.46. The van der Waals surface area contributed by atoms with Crippen LogP contribution in [0.5, 0.6) is 0 Å². The molecule has 0 atom stereocenters. The highest BCUT2D eigenvalue weighted by atomic mass is 79.9. The van der Waals surface area contributed by atoms with Gasteiger partial charge in [0.25, 0.3) is 0 Å². The van der Waals surface area contributed by atoms with E-state index in [0.29, 0.717) is 29.3 Å². The van der Waals surface area contributed by atoms with E-state index in [4.69, 9.17) is 4.42 Å². The Kier molecular flexibility index (Phi) is 5.65. The number of amides is 1. The van der Waals surface area contributed by atoms with Crippen molar-refractivity contribution >= 4 is 43.5 Å². The predicted molar refractivity (Wildman–Crippen MR) is 101 cm³/mol. The quantitative estimate of drug-likeness (QED) is 0.533. The number of oxazole rings is 1. The Bertz CT molecular complexity index is 912. The highest BCUT2D eigenvalue weighted by Gasteiger charge is 2.12. The number of halogens is 3. The van der Waals surface area contributed by atoms with Crippen molar-refractivity contribution in [3.05, 3.63) is 69.3 Å². The number of hydrogen-bond acceptors (Lipinski definition) is 3. The molecule has 0 aliphatic heterocycles. The second kappa shape index (κ2) is 7.93. The van der Waals surface area contributed by atoms with Gasteiger partial charge in [0.1, 0.15) is 5.82 Å². The summed E-state index contributed by atoms with van der Waals surface area (Å²) in [6.07, 6.45) is 2.00. The monoisotopic (exact) mass is 466 g/mol. The van der Waals surface area contributed by atoms with Crippen molar-refractivity contribution in [3.63, 3.8) is 0 Å². The summed E-state index contributed by atoms with van der Waals surface area (Å²) < 4.78 is 21.0. The van der Waals surface area contributed by atoms with Crippen molar-refractivity contribution in [1.29, 1.82) is 0 Å². The minimum absolute atomic E-state index is 0.163. The van der Waals surface area contributed by atoms with Gasteiger partial charge in [0.15, 0.2) is 11.7 Å². The zero-order valence-corrected chi connectivity index (χ0v) is 16.1. The molecule has 1 amide bonds. The van der Waals surface area contributed by atoms with Crippen LogP contribution in [0.3, 0.4) is 0 Å². The smallest absolute Gasteiger partial charge is 0.224 e. The van der Waals surface area contributed by atoms with E-state index in [9.17, 15) is 9.18 Å². The molecule has 2 aromatic carbocycles. The lowest BCUT2D eigenvalue weighted by molar-refractivity contribution is -0.116. The Morgan fingerprint density at radius 2 is 2.00 bits per heavy atom. The van der Waals surface area contributed by atoms with E-state index in [-0.39, 0.29) is 18.1 Å². The van der Waals surface area contributed by atoms with Crippen LogP contribution in [0.25, 0.3) is 11.3 Å². The molecule has 0 aliphatic rings. The average Bonchev–Trinajstić information content (AvgIpc) is 3.05. The number of benzene rings is 2. The largest absolute Gasteiger partial charge is 0.441 e. The topological polar surface area (TPSA) is 55.1 Å². The molecule has 4 nitrogen and oxygen atoms in total. The van der Waals surface area contributed by atoms with Crippen molar-refractivity contribution in [2.75, 3.05) is 5.32 Å². The van der Waals surface area contributed by atoms with Gasteiger partial charge in [-0.05, 0) is 46.3 Å². The Balaban J connectivity index is 1.61. The predicted octanol–water partition coefficient (Wildman–Crippen LogP) is 5.58. The lowest BCUT2D eigenvalue weighted by Gasteiger charge is -2.07. The van der Waals surface area contributed by atoms with Crippen LogP contribution < -0.4 is 5.32 Å². The first kappa shape index (κ1) is 17.8. The fourth-order valence-corrected chi connectivity index (χ4v) is 2.94. The number of hydrogen-bond donors (Lipinski definition) is 1. The number of nitrogens with one attached hydrogen (secondary N) is 1. The highest BCUT2D eigenvalue weighted by Crippen LogP contribution is 2.27. The number of carbonyl (C=O) groups excluding carboxylic acids is 1. The van der Waals surface area contributed by atoms with Crippen molar-refractivity contribution in [2.24, 2.45) is 0 Å². The molecule has 0 aliphatic carbocycles. The van der Waals surface area contributed by atoms with Crippen LogP contribution in [0.15, 0.2) is 62.0 Å². The summed E-state index contributed by atoms with van der Waals surface area (Å²) in [5.74, 6) is 0.205. The number of aryl methyl sites for hydroxylation is 1. The van der Waals surface area contributed by atoms with E-state index in [2.05, 4.69) is 42.2 Å². The van der Waals surface area contributed by atoms with Gasteiger partial charge in [-0.1, -0.05) is 28.1 Å². The second-order valence-electron chi connectivity index (χ2n) is 5.27. The summed E-state index contributed by atoms with van der Waals surface area (Å²) >= 11 is 6.75. The third kappa shape index (κ3) is 4.55. The highest BCUT2D eigenvalue weighted by molar-refractivity contribution is 9.11. The minimum atomic E-state index is -0.373. The van der Waals surface area contributed by atoms with Crippen molar-refractivity contribution in [2.45, 2.75) is 12.8 Å². The molecule has 0 saturated heterocycles. The van der Waals surface area contributed by atoms with Crippen LogP contribution in [0.2, 0.25) is 0 Å². The molecule has 0 saturated carbocycles. The molecule has 3 aromatic rings. The van der Waals surface area contributed by atoms with Crippen molar-refractivity contribution in [1.82, 2.24) is 4.98 Å². The molecule has 1 heterocycles. The molecular formula is C18H13Br2FN2O2. The van der Waals surface area contributed by atoms with E-state index in [0.717, 1.165) is 8.95 Å². The maximum absolute atomic E-state index is 13.8. The molecular weight excluding hydrogens is 455 g/mol. The van der Waals surface area contributed by atoms with E-state index < -0.39 is 0 Å². The molecule has 25 heavy (non-hydrogen) atoms. The maximum atomic E-state index is 13.8. The first-order valence-electron chi connectivity index (χ1n) is 7.47. The normalized spacial score (nSPS) is 10.7. The minimum Gasteiger partial charge on any atom is -0.441 e. The molecule has 0 bridgehead atoms. The second-order valence-corrected chi connectivity index (χ2v) is 7.04. The first-order valence-corrected chi connectivity index (χ1v) is 9.06. The Labute approximate surface area is 160 Å². The van der Waals surface area contributed by atoms with Crippen LogP contribution in [-0.4, -0.2) is 10.9 Å². The molecule has 0 spiro atoms. The molecule has 128 valence electrons. The van der Waals surface area contributed by atoms with E-state index in [1.165, 1.54) is 12.3 Å². The summed E-state index contributed by atoms with van der Waals surface area (Å²) in [5.41, 5.74) is 1.03. The van der Waals surface area contributed by atoms with Crippen LogP contribution in [0, 0.1) is 5.82 Å². The van der Waals surface area contributed by atoms with E-state index >= 15 is 0 Å². The molecule has 3 rings (SSSR count). The number of nitrogens with zero attached hydrogens (tertiary/aromatic N) is 1. The van der Waals surface area contributed by atoms with Crippen LogP contribution in [0.4, 0.5) is 10.1 Å². The summed E-state index contributed by atoms with van der Waals surface area (Å²) in [4.78, 5) is 16.2.